The summed E-state index contributed by atoms with van der Waals surface area (Å²) in [6, 6.07) is 10.2. The van der Waals surface area contributed by atoms with Gasteiger partial charge in [-0.1, -0.05) is 30.5 Å². The molecule has 5 rings (SSSR count). The molecule has 34 heavy (non-hydrogen) atoms. The Kier molecular flexibility index (Phi) is 6.19. The maximum absolute atomic E-state index is 13.4. The fourth-order valence-corrected chi connectivity index (χ4v) is 5.04. The summed E-state index contributed by atoms with van der Waals surface area (Å²) in [6.07, 6.45) is 3.32. The highest BCUT2D eigenvalue weighted by Crippen LogP contribution is 2.35. The van der Waals surface area contributed by atoms with E-state index in [0.717, 1.165) is 25.7 Å². The predicted molar refractivity (Wildman–Crippen MR) is 126 cm³/mol. The lowest BCUT2D eigenvalue weighted by Gasteiger charge is -2.47. The molecule has 0 bridgehead atoms. The molecule has 2 heterocycles. The molecule has 1 aliphatic carbocycles. The molecule has 2 aromatic rings. The van der Waals surface area contributed by atoms with Gasteiger partial charge in [0.05, 0.1) is 12.5 Å². The van der Waals surface area contributed by atoms with Crippen LogP contribution in [0.15, 0.2) is 42.5 Å². The van der Waals surface area contributed by atoms with E-state index in [0.29, 0.717) is 27.9 Å². The quantitative estimate of drug-likeness (QED) is 0.612. The molecule has 0 radical (unpaired) electrons. The molecule has 0 spiro atoms. The fraction of sp³-hybridized carbons (Fsp3) is 0.375. The SMILES string of the molecule is O=C(C[C@H]1C(=O)N[C@@H]2CCCC[C@@H]2N1C(=O)Nc1cccc(Cl)c1)Nc1ccc2c(c1)OCO2. The molecule has 9 nitrogen and oxygen atoms in total. The number of piperazine rings is 1. The predicted octanol–water partition coefficient (Wildman–Crippen LogP) is 3.74. The summed E-state index contributed by atoms with van der Waals surface area (Å²) in [5.74, 6) is 0.441. The molecule has 178 valence electrons. The lowest BCUT2D eigenvalue weighted by atomic mass is 9.85. The first-order valence-corrected chi connectivity index (χ1v) is 11.7. The number of fused-ring (bicyclic) bond motifs is 2. The van der Waals surface area contributed by atoms with E-state index in [1.807, 2.05) is 0 Å². The third-order valence-electron chi connectivity index (χ3n) is 6.40. The molecule has 4 amide bonds. The number of rotatable bonds is 4. The average Bonchev–Trinajstić information content (AvgIpc) is 3.27. The first-order chi connectivity index (χ1) is 16.5. The van der Waals surface area contributed by atoms with Crippen LogP contribution in [-0.4, -0.2) is 47.7 Å². The number of hydrogen-bond donors (Lipinski definition) is 3. The van der Waals surface area contributed by atoms with Crippen LogP contribution in [0.5, 0.6) is 11.5 Å². The number of urea groups is 1. The molecular formula is C24H25ClN4O5. The van der Waals surface area contributed by atoms with E-state index in [4.69, 9.17) is 21.1 Å². The average molecular weight is 485 g/mol. The minimum atomic E-state index is -0.937. The number of halogens is 1. The second-order valence-corrected chi connectivity index (χ2v) is 9.09. The van der Waals surface area contributed by atoms with Gasteiger partial charge in [0, 0.05) is 28.5 Å². The van der Waals surface area contributed by atoms with E-state index < -0.39 is 12.1 Å². The standard InChI is InChI=1S/C24H25ClN4O5/c25-14-4-3-5-15(10-14)27-24(32)29-18-7-2-1-6-17(18)28-23(31)19(29)12-22(30)26-16-8-9-20-21(11-16)34-13-33-20/h3-5,8-11,17-19H,1-2,6-7,12-13H2,(H,26,30)(H,27,32)(H,28,31)/t17-,18+,19+/m1/s1. The third-order valence-corrected chi connectivity index (χ3v) is 6.63. The van der Waals surface area contributed by atoms with Gasteiger partial charge in [-0.05, 0) is 43.2 Å². The van der Waals surface area contributed by atoms with Crippen LogP contribution in [0.1, 0.15) is 32.1 Å². The molecule has 3 aliphatic rings. The molecule has 0 unspecified atom stereocenters. The number of amides is 4. The second-order valence-electron chi connectivity index (χ2n) is 8.65. The summed E-state index contributed by atoms with van der Waals surface area (Å²) in [5.41, 5.74) is 1.05. The summed E-state index contributed by atoms with van der Waals surface area (Å²) in [5, 5.41) is 9.17. The molecule has 0 aromatic heterocycles. The fourth-order valence-electron chi connectivity index (χ4n) is 4.85. The van der Waals surface area contributed by atoms with Crippen molar-refractivity contribution in [2.24, 2.45) is 0 Å². The Labute approximate surface area is 201 Å². The van der Waals surface area contributed by atoms with Crippen LogP contribution < -0.4 is 25.4 Å². The zero-order valence-corrected chi connectivity index (χ0v) is 19.1. The van der Waals surface area contributed by atoms with Crippen LogP contribution in [0.3, 0.4) is 0 Å². The van der Waals surface area contributed by atoms with E-state index in [9.17, 15) is 14.4 Å². The summed E-state index contributed by atoms with van der Waals surface area (Å²) >= 11 is 6.06. The molecule has 2 fully saturated rings. The van der Waals surface area contributed by atoms with Crippen molar-refractivity contribution in [1.82, 2.24) is 10.2 Å². The zero-order valence-electron chi connectivity index (χ0n) is 18.4. The molecule has 1 saturated heterocycles. The van der Waals surface area contributed by atoms with Gasteiger partial charge < -0.3 is 30.3 Å². The minimum absolute atomic E-state index is 0.125. The van der Waals surface area contributed by atoms with Crippen LogP contribution in [0.4, 0.5) is 16.2 Å². The van der Waals surface area contributed by atoms with Gasteiger partial charge in [0.15, 0.2) is 11.5 Å². The van der Waals surface area contributed by atoms with Gasteiger partial charge in [-0.25, -0.2) is 4.79 Å². The molecule has 2 aromatic carbocycles. The molecule has 3 N–H and O–H groups in total. The first-order valence-electron chi connectivity index (χ1n) is 11.3. The molecule has 10 heteroatoms. The number of nitrogens with zero attached hydrogens (tertiary/aromatic N) is 1. The topological polar surface area (TPSA) is 109 Å². The summed E-state index contributed by atoms with van der Waals surface area (Å²) in [4.78, 5) is 40.9. The maximum Gasteiger partial charge on any atom is 0.322 e. The van der Waals surface area contributed by atoms with Crippen molar-refractivity contribution in [2.75, 3.05) is 17.4 Å². The van der Waals surface area contributed by atoms with E-state index in [2.05, 4.69) is 16.0 Å². The normalized spacial score (nSPS) is 23.0. The number of benzene rings is 2. The van der Waals surface area contributed by atoms with Crippen LogP contribution in [0.2, 0.25) is 5.02 Å². The van der Waals surface area contributed by atoms with Gasteiger partial charge in [-0.3, -0.25) is 9.59 Å². The second kappa shape index (κ2) is 9.42. The number of hydrogen-bond acceptors (Lipinski definition) is 5. The lowest BCUT2D eigenvalue weighted by Crippen LogP contribution is -2.68. The molecule has 3 atom stereocenters. The first kappa shape index (κ1) is 22.3. The number of ether oxygens (including phenoxy) is 2. The van der Waals surface area contributed by atoms with Crippen LogP contribution >= 0.6 is 11.6 Å². The maximum atomic E-state index is 13.4. The van der Waals surface area contributed by atoms with Crippen molar-refractivity contribution < 1.29 is 23.9 Å². The van der Waals surface area contributed by atoms with E-state index >= 15 is 0 Å². The zero-order chi connectivity index (χ0) is 23.7. The lowest BCUT2D eigenvalue weighted by molar-refractivity contribution is -0.135. The highest BCUT2D eigenvalue weighted by atomic mass is 35.5. The molecule has 1 saturated carbocycles. The van der Waals surface area contributed by atoms with Crippen molar-refractivity contribution in [1.29, 1.82) is 0 Å². The van der Waals surface area contributed by atoms with Crippen molar-refractivity contribution in [2.45, 2.75) is 50.2 Å². The summed E-state index contributed by atoms with van der Waals surface area (Å²) in [6.45, 7) is 0.133. The van der Waals surface area contributed by atoms with Gasteiger partial charge >= 0.3 is 6.03 Å². The van der Waals surface area contributed by atoms with Crippen LogP contribution in [0, 0.1) is 0 Å². The smallest absolute Gasteiger partial charge is 0.322 e. The number of anilines is 2. The van der Waals surface area contributed by atoms with E-state index in [-0.39, 0.29) is 37.1 Å². The summed E-state index contributed by atoms with van der Waals surface area (Å²) < 4.78 is 10.6. The van der Waals surface area contributed by atoms with Gasteiger partial charge in [0.1, 0.15) is 6.04 Å². The Morgan fingerprint density at radius 2 is 1.82 bits per heavy atom. The van der Waals surface area contributed by atoms with Gasteiger partial charge in [-0.2, -0.15) is 0 Å². The Morgan fingerprint density at radius 3 is 2.68 bits per heavy atom. The monoisotopic (exact) mass is 484 g/mol. The Morgan fingerprint density at radius 1 is 1.03 bits per heavy atom. The third kappa shape index (κ3) is 4.61. The van der Waals surface area contributed by atoms with Crippen LogP contribution in [-0.2, 0) is 9.59 Å². The largest absolute Gasteiger partial charge is 0.454 e. The number of carbonyl (C=O) groups excluding carboxylic acids is 3. The highest BCUT2D eigenvalue weighted by Gasteiger charge is 2.46. The van der Waals surface area contributed by atoms with Crippen molar-refractivity contribution in [3.05, 3.63) is 47.5 Å². The van der Waals surface area contributed by atoms with Crippen LogP contribution in [0.25, 0.3) is 0 Å². The Balaban J connectivity index is 1.35. The van der Waals surface area contributed by atoms with Gasteiger partial charge in [0.2, 0.25) is 18.6 Å². The number of nitrogens with one attached hydrogen (secondary N) is 3. The van der Waals surface area contributed by atoms with E-state index in [1.165, 1.54) is 0 Å². The van der Waals surface area contributed by atoms with E-state index in [1.54, 1.807) is 47.4 Å². The molecule has 2 aliphatic heterocycles. The number of carbonyl (C=O) groups is 3. The van der Waals surface area contributed by atoms with Gasteiger partial charge in [-0.15, -0.1) is 0 Å². The Hall–Kier alpha value is -3.46. The Bertz CT molecular complexity index is 1130. The highest BCUT2D eigenvalue weighted by molar-refractivity contribution is 6.30. The van der Waals surface area contributed by atoms with Crippen molar-refractivity contribution in [3.63, 3.8) is 0 Å². The van der Waals surface area contributed by atoms with Crippen molar-refractivity contribution >= 4 is 40.8 Å². The minimum Gasteiger partial charge on any atom is -0.454 e. The van der Waals surface area contributed by atoms with Crippen molar-refractivity contribution in [3.8, 4) is 11.5 Å². The molecular weight excluding hydrogens is 460 g/mol. The summed E-state index contributed by atoms with van der Waals surface area (Å²) in [7, 11) is 0. The van der Waals surface area contributed by atoms with Gasteiger partial charge in [0.25, 0.3) is 0 Å².